The van der Waals surface area contributed by atoms with E-state index >= 15 is 0 Å². The van der Waals surface area contributed by atoms with Crippen molar-refractivity contribution < 1.29 is 23.9 Å². The summed E-state index contributed by atoms with van der Waals surface area (Å²) in [5.41, 5.74) is 2.32. The third-order valence-corrected chi connectivity index (χ3v) is 5.65. The average Bonchev–Trinajstić information content (AvgIpc) is 2.89. The molecule has 1 atom stereocenters. The molecule has 0 saturated heterocycles. The lowest BCUT2D eigenvalue weighted by Gasteiger charge is -2.35. The first-order valence-electron chi connectivity index (χ1n) is 11.6. The number of amides is 3. The number of carbonyl (C=O) groups excluding carboxylic acids is 3. The molecule has 1 aliphatic heterocycles. The Labute approximate surface area is 209 Å². The van der Waals surface area contributed by atoms with Crippen LogP contribution in [0.3, 0.4) is 0 Å². The number of anilines is 3. The minimum absolute atomic E-state index is 0.233. The van der Waals surface area contributed by atoms with Crippen LogP contribution < -0.4 is 25.0 Å². The number of benzene rings is 3. The molecule has 4 rings (SSSR count). The second kappa shape index (κ2) is 11.2. The Hall–Kier alpha value is -4.59. The number of hydrogen-bond donors (Lipinski definition) is 2. The summed E-state index contributed by atoms with van der Waals surface area (Å²) in [5, 5.41) is 5.61. The first-order chi connectivity index (χ1) is 17.5. The van der Waals surface area contributed by atoms with Crippen LogP contribution in [0, 0.1) is 0 Å². The van der Waals surface area contributed by atoms with Crippen molar-refractivity contribution in [1.29, 1.82) is 0 Å². The van der Waals surface area contributed by atoms with Crippen molar-refractivity contribution in [3.05, 3.63) is 84.4 Å². The Bertz CT molecular complexity index is 1290. The summed E-state index contributed by atoms with van der Waals surface area (Å²) < 4.78 is 10.7. The van der Waals surface area contributed by atoms with Crippen LogP contribution >= 0.6 is 0 Å². The van der Waals surface area contributed by atoms with E-state index in [1.165, 1.54) is 11.0 Å². The topological polar surface area (TPSA) is 97.0 Å². The maximum absolute atomic E-state index is 13.4. The zero-order valence-corrected chi connectivity index (χ0v) is 20.1. The minimum atomic E-state index is -1.04. The highest BCUT2D eigenvalue weighted by Crippen LogP contribution is 2.33. The van der Waals surface area contributed by atoms with Crippen LogP contribution in [0.2, 0.25) is 0 Å². The largest absolute Gasteiger partial charge is 0.497 e. The molecule has 3 aromatic carbocycles. The van der Waals surface area contributed by atoms with Gasteiger partial charge in [0, 0.05) is 6.08 Å². The summed E-state index contributed by atoms with van der Waals surface area (Å²) in [5.74, 6) is -0.0355. The zero-order chi connectivity index (χ0) is 25.5. The maximum Gasteiger partial charge on any atom is 0.251 e. The fourth-order valence-electron chi connectivity index (χ4n) is 3.94. The lowest BCUT2D eigenvalue weighted by molar-refractivity contribution is -0.124. The molecule has 184 valence electrons. The van der Waals surface area contributed by atoms with E-state index in [0.717, 1.165) is 5.56 Å². The van der Waals surface area contributed by atoms with Crippen molar-refractivity contribution in [3.63, 3.8) is 0 Å². The molecule has 2 N–H and O–H groups in total. The summed E-state index contributed by atoms with van der Waals surface area (Å²) >= 11 is 0. The predicted molar refractivity (Wildman–Crippen MR) is 139 cm³/mol. The summed E-state index contributed by atoms with van der Waals surface area (Å²) in [6, 6.07) is 20.3. The lowest BCUT2D eigenvalue weighted by atomic mass is 10.0. The molecule has 0 fully saturated rings. The molecule has 0 spiro atoms. The van der Waals surface area contributed by atoms with Gasteiger partial charge in [-0.05, 0) is 55.0 Å². The minimum Gasteiger partial charge on any atom is -0.497 e. The number of para-hydroxylation sites is 4. The Morgan fingerprint density at radius 2 is 1.75 bits per heavy atom. The second-order valence-electron chi connectivity index (χ2n) is 8.02. The van der Waals surface area contributed by atoms with Gasteiger partial charge in [0.1, 0.15) is 17.5 Å². The highest BCUT2D eigenvalue weighted by molar-refractivity contribution is 6.16. The van der Waals surface area contributed by atoms with Crippen LogP contribution in [0.1, 0.15) is 18.9 Å². The van der Waals surface area contributed by atoms with E-state index in [9.17, 15) is 14.4 Å². The Balaban J connectivity index is 1.58. The first kappa shape index (κ1) is 24.5. The molecule has 3 aromatic rings. The monoisotopic (exact) mass is 485 g/mol. The van der Waals surface area contributed by atoms with Crippen molar-refractivity contribution in [1.82, 2.24) is 0 Å². The van der Waals surface area contributed by atoms with Crippen molar-refractivity contribution >= 4 is 40.9 Å². The molecule has 0 radical (unpaired) electrons. The number of hydrogen-bond acceptors (Lipinski definition) is 5. The third kappa shape index (κ3) is 5.55. The summed E-state index contributed by atoms with van der Waals surface area (Å²) in [6.45, 7) is 2.29. The second-order valence-corrected chi connectivity index (χ2v) is 8.02. The SMILES string of the molecule is CCOc1ccccc1NC(=O)C[C@H]1C(=O)Nc2ccccc2N1C(=O)/C=C/c1ccc(OC)cc1. The molecule has 0 aliphatic carbocycles. The van der Waals surface area contributed by atoms with Gasteiger partial charge in [-0.3, -0.25) is 19.3 Å². The van der Waals surface area contributed by atoms with Crippen molar-refractivity contribution in [2.24, 2.45) is 0 Å². The number of fused-ring (bicyclic) bond motifs is 1. The predicted octanol–water partition coefficient (Wildman–Crippen LogP) is 4.49. The van der Waals surface area contributed by atoms with E-state index in [2.05, 4.69) is 10.6 Å². The number of nitrogens with one attached hydrogen (secondary N) is 2. The van der Waals surface area contributed by atoms with E-state index in [4.69, 9.17) is 9.47 Å². The molecule has 1 heterocycles. The van der Waals surface area contributed by atoms with Gasteiger partial charge in [0.2, 0.25) is 11.8 Å². The van der Waals surface area contributed by atoms with E-state index in [-0.39, 0.29) is 6.42 Å². The van der Waals surface area contributed by atoms with Crippen LogP contribution in [0.4, 0.5) is 17.1 Å². The third-order valence-electron chi connectivity index (χ3n) is 5.65. The number of ether oxygens (including phenoxy) is 2. The number of nitrogens with zero attached hydrogens (tertiary/aromatic N) is 1. The first-order valence-corrected chi connectivity index (χ1v) is 11.6. The smallest absolute Gasteiger partial charge is 0.251 e. The molecule has 0 aromatic heterocycles. The van der Waals surface area contributed by atoms with Crippen LogP contribution in [-0.4, -0.2) is 37.5 Å². The number of methoxy groups -OCH3 is 1. The van der Waals surface area contributed by atoms with Gasteiger partial charge in [-0.1, -0.05) is 36.4 Å². The lowest BCUT2D eigenvalue weighted by Crippen LogP contribution is -2.52. The Morgan fingerprint density at radius 3 is 2.50 bits per heavy atom. The van der Waals surface area contributed by atoms with Crippen LogP contribution in [0.15, 0.2) is 78.9 Å². The van der Waals surface area contributed by atoms with Crippen molar-refractivity contribution in [3.8, 4) is 11.5 Å². The molecular formula is C28H27N3O5. The van der Waals surface area contributed by atoms with E-state index in [1.807, 2.05) is 25.1 Å². The molecule has 8 heteroatoms. The normalized spacial score (nSPS) is 14.7. The van der Waals surface area contributed by atoms with Gasteiger partial charge >= 0.3 is 0 Å². The van der Waals surface area contributed by atoms with E-state index in [1.54, 1.807) is 67.8 Å². The Kier molecular flexibility index (Phi) is 7.65. The van der Waals surface area contributed by atoms with Crippen molar-refractivity contribution in [2.45, 2.75) is 19.4 Å². The van der Waals surface area contributed by atoms with Gasteiger partial charge in [-0.25, -0.2) is 0 Å². The van der Waals surface area contributed by atoms with Gasteiger partial charge in [0.15, 0.2) is 0 Å². The molecule has 8 nitrogen and oxygen atoms in total. The molecule has 1 aliphatic rings. The van der Waals surface area contributed by atoms with E-state index in [0.29, 0.717) is 35.2 Å². The molecule has 0 saturated carbocycles. The summed E-state index contributed by atoms with van der Waals surface area (Å²) in [4.78, 5) is 40.8. The quantitative estimate of drug-likeness (QED) is 0.458. The van der Waals surface area contributed by atoms with Gasteiger partial charge in [-0.15, -0.1) is 0 Å². The standard InChI is InChI=1S/C28H27N3O5/c1-3-36-25-11-7-5-9-22(25)29-26(32)18-24-28(34)30-21-8-4-6-10-23(21)31(24)27(33)17-14-19-12-15-20(35-2)16-13-19/h4-17,24H,3,18H2,1-2H3,(H,29,32)(H,30,34)/b17-14+/t24-/m0/s1. The summed E-state index contributed by atoms with van der Waals surface area (Å²) in [7, 11) is 1.58. The molecule has 0 unspecified atom stereocenters. The fourth-order valence-corrected chi connectivity index (χ4v) is 3.94. The highest BCUT2D eigenvalue weighted by atomic mass is 16.5. The maximum atomic E-state index is 13.4. The van der Waals surface area contributed by atoms with Crippen LogP contribution in [0.5, 0.6) is 11.5 Å². The zero-order valence-electron chi connectivity index (χ0n) is 20.1. The highest BCUT2D eigenvalue weighted by Gasteiger charge is 2.37. The van der Waals surface area contributed by atoms with Gasteiger partial charge in [-0.2, -0.15) is 0 Å². The number of rotatable bonds is 8. The van der Waals surface area contributed by atoms with Gasteiger partial charge in [0.25, 0.3) is 5.91 Å². The number of carbonyl (C=O) groups is 3. The average molecular weight is 486 g/mol. The molecule has 36 heavy (non-hydrogen) atoms. The van der Waals surface area contributed by atoms with Crippen LogP contribution in [0.25, 0.3) is 6.08 Å². The Morgan fingerprint density at radius 1 is 1.03 bits per heavy atom. The fraction of sp³-hybridized carbons (Fsp3) is 0.179. The molecule has 0 bridgehead atoms. The van der Waals surface area contributed by atoms with Gasteiger partial charge < -0.3 is 20.1 Å². The van der Waals surface area contributed by atoms with E-state index < -0.39 is 23.8 Å². The molecular weight excluding hydrogens is 458 g/mol. The summed E-state index contributed by atoms with van der Waals surface area (Å²) in [6.07, 6.45) is 2.82. The van der Waals surface area contributed by atoms with Crippen molar-refractivity contribution in [2.75, 3.05) is 29.3 Å². The van der Waals surface area contributed by atoms with Crippen LogP contribution in [-0.2, 0) is 14.4 Å². The molecule has 3 amide bonds. The van der Waals surface area contributed by atoms with Gasteiger partial charge in [0.05, 0.1) is 37.2 Å².